The van der Waals surface area contributed by atoms with E-state index >= 15 is 13.2 Å². The maximum Gasteiger partial charge on any atom is 0.470 e. The van der Waals surface area contributed by atoms with Crippen LogP contribution in [0.5, 0.6) is 17.2 Å². The van der Waals surface area contributed by atoms with E-state index in [4.69, 9.17) is 25.4 Å². The number of urea groups is 1. The van der Waals surface area contributed by atoms with Gasteiger partial charge in [-0.25, -0.2) is 9.36 Å². The lowest BCUT2D eigenvalue weighted by Gasteiger charge is -2.46. The van der Waals surface area contributed by atoms with Crippen LogP contribution in [0, 0.1) is 0 Å². The van der Waals surface area contributed by atoms with Crippen molar-refractivity contribution in [2.45, 2.75) is 18.0 Å². The third-order valence-electron chi connectivity index (χ3n) is 6.43. The van der Waals surface area contributed by atoms with Gasteiger partial charge in [0.2, 0.25) is 0 Å². The third-order valence-corrected chi connectivity index (χ3v) is 9.00. The van der Waals surface area contributed by atoms with Gasteiger partial charge in [-0.2, -0.15) is 13.2 Å². The summed E-state index contributed by atoms with van der Waals surface area (Å²) in [7, 11) is -3.96. The van der Waals surface area contributed by atoms with Crippen molar-refractivity contribution in [2.75, 3.05) is 12.0 Å². The van der Waals surface area contributed by atoms with Gasteiger partial charge in [0.1, 0.15) is 17.2 Å². The van der Waals surface area contributed by atoms with Crippen molar-refractivity contribution in [2.24, 2.45) is 0 Å². The van der Waals surface area contributed by atoms with Gasteiger partial charge in [-0.3, -0.25) is 4.90 Å². The Morgan fingerprint density at radius 2 is 1.41 bits per heavy atom. The highest BCUT2D eigenvalue weighted by molar-refractivity contribution is 7.56. The molecule has 5 rings (SSSR count). The maximum atomic E-state index is 15.5. The number of fused-ring (bicyclic) bond motifs is 1. The molecule has 0 bridgehead atoms. The first-order valence-electron chi connectivity index (χ1n) is 12.2. The number of methoxy groups -OCH3 is 1. The average Bonchev–Trinajstić information content (AvgIpc) is 2.95. The topological polar surface area (TPSA) is 77.1 Å². The van der Waals surface area contributed by atoms with E-state index in [1.54, 1.807) is 36.4 Å². The van der Waals surface area contributed by atoms with Crippen LogP contribution < -0.4 is 24.0 Å². The Kier molecular flexibility index (Phi) is 7.64. The Balaban J connectivity index is 1.71. The Bertz CT molecular complexity index is 1540. The number of alkyl halides is 3. The molecule has 4 aromatic carbocycles. The molecule has 1 aliphatic heterocycles. The molecule has 0 saturated heterocycles. The van der Waals surface area contributed by atoms with Gasteiger partial charge in [0.25, 0.3) is 5.28 Å². The first-order valence-corrected chi connectivity index (χ1v) is 14.2. The van der Waals surface area contributed by atoms with E-state index in [2.05, 4.69) is 0 Å². The maximum absolute atomic E-state index is 15.5. The molecule has 0 aliphatic carbocycles. The number of carbonyl (C=O) groups excluding carboxylic acids is 1. The summed E-state index contributed by atoms with van der Waals surface area (Å²) in [4.78, 5) is 14.7. The molecular weight excluding hydrogens is 580 g/mol. The van der Waals surface area contributed by atoms with Crippen LogP contribution >= 0.6 is 19.2 Å². The molecule has 0 unspecified atom stereocenters. The first kappa shape index (κ1) is 28.4. The summed E-state index contributed by atoms with van der Waals surface area (Å²) < 4.78 is 77.7. The lowest BCUT2D eigenvalue weighted by Crippen LogP contribution is -2.63. The molecule has 2 amide bonds. The fourth-order valence-corrected chi connectivity index (χ4v) is 6.79. The van der Waals surface area contributed by atoms with Gasteiger partial charge in [0, 0.05) is 10.6 Å². The molecule has 0 radical (unpaired) electrons. The number of nitrogens with zero attached hydrogens (tertiary/aromatic N) is 1. The quantitative estimate of drug-likeness (QED) is 0.206. The van der Waals surface area contributed by atoms with E-state index in [1.165, 1.54) is 67.8 Å². The summed E-state index contributed by atoms with van der Waals surface area (Å²) in [6, 6.07) is 23.7. The Labute approximate surface area is 238 Å². The Hall–Kier alpha value is -4.14. The highest BCUT2D eigenvalue weighted by Crippen LogP contribution is 2.70. The number of benzene rings is 4. The lowest BCUT2D eigenvalue weighted by atomic mass is 9.99. The molecule has 0 aromatic heterocycles. The molecule has 0 saturated carbocycles. The minimum atomic E-state index is -5.46. The molecule has 4 aromatic rings. The zero-order chi connectivity index (χ0) is 29.3. The number of hydrogen-bond donors (Lipinski definition) is 1. The standard InChI is InChI=1S/C29H23ClF3N2O5P/c1-38-22-15-12-20(13-16-22)19-35-26-17-14-21(30)18-25(26)28(29(31,32)33,34-27(35)36)41(37,39-23-8-4-2-5-9-23)40-24-10-6-3-7-11-24/h2-18H,19H2,1H3,(H,34,36)/t28-/m1/s1. The van der Waals surface area contributed by atoms with E-state index in [-0.39, 0.29) is 28.8 Å². The Morgan fingerprint density at radius 1 is 0.854 bits per heavy atom. The highest BCUT2D eigenvalue weighted by atomic mass is 35.5. The second-order valence-corrected chi connectivity index (χ2v) is 11.5. The predicted molar refractivity (Wildman–Crippen MR) is 149 cm³/mol. The van der Waals surface area contributed by atoms with Crippen LogP contribution in [0.3, 0.4) is 0 Å². The zero-order valence-electron chi connectivity index (χ0n) is 21.5. The van der Waals surface area contributed by atoms with Gasteiger partial charge in [0.05, 0.1) is 19.3 Å². The highest BCUT2D eigenvalue weighted by Gasteiger charge is 2.75. The SMILES string of the molecule is COc1ccc(CN2C(=O)N[C@@](C(F)(F)F)(P(=O)(Oc3ccccc3)Oc3ccccc3)c3cc(Cl)ccc32)cc1. The van der Waals surface area contributed by atoms with Crippen LogP contribution in [-0.4, -0.2) is 19.3 Å². The fraction of sp³-hybridized carbons (Fsp3) is 0.138. The lowest BCUT2D eigenvalue weighted by molar-refractivity contribution is -0.174. The van der Waals surface area contributed by atoms with Crippen molar-refractivity contribution in [1.29, 1.82) is 0 Å². The third kappa shape index (κ3) is 5.33. The zero-order valence-corrected chi connectivity index (χ0v) is 23.1. The number of rotatable bonds is 8. The predicted octanol–water partition coefficient (Wildman–Crippen LogP) is 8.14. The molecule has 1 N–H and O–H groups in total. The summed E-state index contributed by atoms with van der Waals surface area (Å²) in [6.07, 6.45) is -5.38. The largest absolute Gasteiger partial charge is 0.497 e. The van der Waals surface area contributed by atoms with Crippen LogP contribution in [-0.2, 0) is 16.4 Å². The van der Waals surface area contributed by atoms with Crippen LogP contribution in [0.15, 0.2) is 103 Å². The Morgan fingerprint density at radius 3 is 1.93 bits per heavy atom. The number of anilines is 1. The fourth-order valence-electron chi connectivity index (χ4n) is 4.49. The molecular formula is C29H23ClF3N2O5P. The van der Waals surface area contributed by atoms with E-state index in [0.29, 0.717) is 11.3 Å². The van der Waals surface area contributed by atoms with Gasteiger partial charge in [-0.15, -0.1) is 0 Å². The van der Waals surface area contributed by atoms with E-state index in [0.717, 1.165) is 11.0 Å². The molecule has 212 valence electrons. The van der Waals surface area contributed by atoms with Crippen molar-refractivity contribution < 1.29 is 36.3 Å². The first-order chi connectivity index (χ1) is 19.6. The summed E-state index contributed by atoms with van der Waals surface area (Å²) in [6.45, 7) is -0.109. The molecule has 1 atom stereocenters. The van der Waals surface area contributed by atoms with Gasteiger partial charge in [-0.1, -0.05) is 60.1 Å². The summed E-state index contributed by atoms with van der Waals surface area (Å²) in [5.41, 5.74) is -0.161. The average molecular weight is 603 g/mol. The number of halogens is 4. The smallest absolute Gasteiger partial charge is 0.470 e. The number of hydrogen-bond acceptors (Lipinski definition) is 5. The molecule has 1 aliphatic rings. The molecule has 7 nitrogen and oxygen atoms in total. The van der Waals surface area contributed by atoms with Crippen molar-refractivity contribution in [3.8, 4) is 17.2 Å². The number of para-hydroxylation sites is 2. The number of amides is 2. The normalized spacial score (nSPS) is 16.9. The second-order valence-electron chi connectivity index (χ2n) is 9.04. The second kappa shape index (κ2) is 11.0. The number of ether oxygens (including phenoxy) is 1. The minimum Gasteiger partial charge on any atom is -0.497 e. The molecule has 41 heavy (non-hydrogen) atoms. The molecule has 1 heterocycles. The van der Waals surface area contributed by atoms with Crippen molar-refractivity contribution >= 4 is 30.9 Å². The summed E-state index contributed by atoms with van der Waals surface area (Å²) in [5, 5.41) is -1.73. The van der Waals surface area contributed by atoms with Gasteiger partial charge in [-0.05, 0) is 60.2 Å². The monoisotopic (exact) mass is 602 g/mol. The van der Waals surface area contributed by atoms with Crippen LogP contribution in [0.4, 0.5) is 23.7 Å². The van der Waals surface area contributed by atoms with Gasteiger partial charge in [0.15, 0.2) is 0 Å². The van der Waals surface area contributed by atoms with E-state index in [1.807, 2.05) is 5.32 Å². The van der Waals surface area contributed by atoms with Crippen molar-refractivity contribution in [3.05, 3.63) is 119 Å². The van der Waals surface area contributed by atoms with Crippen LogP contribution in [0.25, 0.3) is 0 Å². The summed E-state index contributed by atoms with van der Waals surface area (Å²) in [5.74, 6) is 0.250. The molecule has 12 heteroatoms. The number of carbonyl (C=O) groups is 1. The van der Waals surface area contributed by atoms with Gasteiger partial charge >= 0.3 is 19.8 Å². The van der Waals surface area contributed by atoms with Crippen molar-refractivity contribution in [3.63, 3.8) is 0 Å². The summed E-state index contributed by atoms with van der Waals surface area (Å²) >= 11 is 6.22. The number of nitrogens with one attached hydrogen (secondary N) is 1. The molecule has 0 spiro atoms. The van der Waals surface area contributed by atoms with E-state index in [9.17, 15) is 9.36 Å². The minimum absolute atomic E-state index is 0.0797. The van der Waals surface area contributed by atoms with Crippen LogP contribution in [0.1, 0.15) is 11.1 Å². The van der Waals surface area contributed by atoms with Crippen LogP contribution in [0.2, 0.25) is 5.02 Å². The molecule has 0 fully saturated rings. The van der Waals surface area contributed by atoms with Crippen molar-refractivity contribution in [1.82, 2.24) is 5.32 Å². The van der Waals surface area contributed by atoms with E-state index < -0.39 is 30.6 Å². The van der Waals surface area contributed by atoms with Gasteiger partial charge < -0.3 is 19.1 Å².